The molecule has 1 atom stereocenters. The Morgan fingerprint density at radius 3 is 2.37 bits per heavy atom. The van der Waals surface area contributed by atoms with Crippen LogP contribution < -0.4 is 0 Å². The second kappa shape index (κ2) is 4.45. The first-order valence-corrected chi connectivity index (χ1v) is 6.94. The van der Waals surface area contributed by atoms with Gasteiger partial charge in [-0.2, -0.15) is 0 Å². The van der Waals surface area contributed by atoms with Gasteiger partial charge >= 0.3 is 6.03 Å². The van der Waals surface area contributed by atoms with Gasteiger partial charge < -0.3 is 9.64 Å². The molecule has 6 nitrogen and oxygen atoms in total. The molecule has 0 aromatic carbocycles. The number of likely N-dealkylation sites (N-methyl/N-ethyl adjacent to an activating group) is 2. The van der Waals surface area contributed by atoms with Gasteiger partial charge in [0.25, 0.3) is 5.91 Å². The lowest BCUT2D eigenvalue weighted by atomic mass is 9.85. The minimum atomic E-state index is -0.595. The van der Waals surface area contributed by atoms with E-state index in [1.165, 1.54) is 4.90 Å². The maximum absolute atomic E-state index is 12.4. The van der Waals surface area contributed by atoms with Crippen LogP contribution in [0.5, 0.6) is 0 Å². The quantitative estimate of drug-likeness (QED) is 0.634. The SMILES string of the molecule is CN1C(=O)N(C)C2(CCN([C@H]3CCOC3)CC2)C1=O. The van der Waals surface area contributed by atoms with Crippen molar-refractivity contribution >= 4 is 11.9 Å². The number of carbonyl (C=O) groups excluding carboxylic acids is 2. The summed E-state index contributed by atoms with van der Waals surface area (Å²) in [5.74, 6) is -0.0395. The minimum absolute atomic E-state index is 0.0395. The molecule has 6 heteroatoms. The summed E-state index contributed by atoms with van der Waals surface area (Å²) < 4.78 is 5.42. The average Bonchev–Trinajstić information content (AvgIpc) is 3.02. The van der Waals surface area contributed by atoms with E-state index >= 15 is 0 Å². The van der Waals surface area contributed by atoms with E-state index in [-0.39, 0.29) is 11.9 Å². The molecule has 0 aromatic heterocycles. The van der Waals surface area contributed by atoms with E-state index in [2.05, 4.69) is 4.90 Å². The van der Waals surface area contributed by atoms with Crippen LogP contribution >= 0.6 is 0 Å². The normalized spacial score (nSPS) is 31.8. The molecule has 3 aliphatic heterocycles. The van der Waals surface area contributed by atoms with Gasteiger partial charge in [-0.05, 0) is 19.3 Å². The molecule has 3 heterocycles. The summed E-state index contributed by atoms with van der Waals surface area (Å²) in [5, 5.41) is 0. The Kier molecular flexibility index (Phi) is 3.02. The number of likely N-dealkylation sites (tertiary alicyclic amines) is 1. The lowest BCUT2D eigenvalue weighted by Gasteiger charge is -2.42. The Balaban J connectivity index is 1.72. The van der Waals surface area contributed by atoms with Crippen LogP contribution in [-0.2, 0) is 9.53 Å². The number of ether oxygens (including phenoxy) is 1. The monoisotopic (exact) mass is 267 g/mol. The van der Waals surface area contributed by atoms with Crippen molar-refractivity contribution in [1.82, 2.24) is 14.7 Å². The third-order valence-electron chi connectivity index (χ3n) is 4.97. The molecule has 0 aromatic rings. The summed E-state index contributed by atoms with van der Waals surface area (Å²) in [5.41, 5.74) is -0.595. The molecule has 0 unspecified atom stereocenters. The van der Waals surface area contributed by atoms with Crippen molar-refractivity contribution in [2.75, 3.05) is 40.4 Å². The molecule has 0 radical (unpaired) electrons. The van der Waals surface area contributed by atoms with Gasteiger partial charge in [-0.15, -0.1) is 0 Å². The number of nitrogens with zero attached hydrogens (tertiary/aromatic N) is 3. The van der Waals surface area contributed by atoms with E-state index in [0.717, 1.165) is 45.6 Å². The van der Waals surface area contributed by atoms with E-state index in [9.17, 15) is 9.59 Å². The summed E-state index contributed by atoms with van der Waals surface area (Å²) >= 11 is 0. The lowest BCUT2D eigenvalue weighted by molar-refractivity contribution is -0.134. The number of imide groups is 1. The highest BCUT2D eigenvalue weighted by Gasteiger charge is 2.55. The second-order valence-corrected chi connectivity index (χ2v) is 5.79. The highest BCUT2D eigenvalue weighted by molar-refractivity contribution is 6.06. The summed E-state index contributed by atoms with van der Waals surface area (Å²) in [6.07, 6.45) is 2.54. The first-order valence-electron chi connectivity index (χ1n) is 6.94. The molecule has 0 aliphatic carbocycles. The van der Waals surface area contributed by atoms with Crippen molar-refractivity contribution in [2.24, 2.45) is 0 Å². The highest BCUT2D eigenvalue weighted by Crippen LogP contribution is 2.36. The molecule has 0 N–H and O–H groups in total. The molecule has 106 valence electrons. The molecule has 1 spiro atoms. The molecule has 3 aliphatic rings. The maximum Gasteiger partial charge on any atom is 0.327 e. The van der Waals surface area contributed by atoms with Crippen LogP contribution in [0.15, 0.2) is 0 Å². The predicted molar refractivity (Wildman–Crippen MR) is 68.7 cm³/mol. The Morgan fingerprint density at radius 1 is 1.21 bits per heavy atom. The first-order chi connectivity index (χ1) is 9.06. The van der Waals surface area contributed by atoms with Crippen molar-refractivity contribution in [3.05, 3.63) is 0 Å². The molecular formula is C13H21N3O3. The van der Waals surface area contributed by atoms with Crippen LogP contribution in [0.2, 0.25) is 0 Å². The van der Waals surface area contributed by atoms with Crippen LogP contribution in [0.1, 0.15) is 19.3 Å². The molecule has 0 bridgehead atoms. The number of hydrogen-bond acceptors (Lipinski definition) is 4. The van der Waals surface area contributed by atoms with Crippen LogP contribution in [0.25, 0.3) is 0 Å². The molecule has 19 heavy (non-hydrogen) atoms. The largest absolute Gasteiger partial charge is 0.380 e. The van der Waals surface area contributed by atoms with Crippen LogP contribution in [0, 0.1) is 0 Å². The van der Waals surface area contributed by atoms with Gasteiger partial charge in [0.1, 0.15) is 5.54 Å². The number of amides is 3. The van der Waals surface area contributed by atoms with Gasteiger partial charge in [0, 0.05) is 39.8 Å². The summed E-state index contributed by atoms with van der Waals surface area (Å²) in [4.78, 5) is 29.6. The topological polar surface area (TPSA) is 53.1 Å². The Bertz CT molecular complexity index is 398. The molecule has 3 rings (SSSR count). The second-order valence-electron chi connectivity index (χ2n) is 5.79. The lowest BCUT2D eigenvalue weighted by Crippen LogP contribution is -2.57. The number of urea groups is 1. The van der Waals surface area contributed by atoms with Crippen LogP contribution in [-0.4, -0.2) is 78.6 Å². The Hall–Kier alpha value is -1.14. The summed E-state index contributed by atoms with van der Waals surface area (Å²) in [7, 11) is 3.32. The molecule has 3 amide bonds. The highest BCUT2D eigenvalue weighted by atomic mass is 16.5. The number of rotatable bonds is 1. The molecule has 3 saturated heterocycles. The fourth-order valence-corrected chi connectivity index (χ4v) is 3.57. The van der Waals surface area contributed by atoms with E-state index in [1.54, 1.807) is 19.0 Å². The van der Waals surface area contributed by atoms with Gasteiger partial charge in [0.05, 0.1) is 6.61 Å². The Labute approximate surface area is 113 Å². The minimum Gasteiger partial charge on any atom is -0.380 e. The van der Waals surface area contributed by atoms with Crippen molar-refractivity contribution in [3.8, 4) is 0 Å². The zero-order chi connectivity index (χ0) is 13.6. The van der Waals surface area contributed by atoms with E-state index in [1.807, 2.05) is 0 Å². The van der Waals surface area contributed by atoms with Crippen LogP contribution in [0.3, 0.4) is 0 Å². The van der Waals surface area contributed by atoms with Crippen molar-refractivity contribution in [1.29, 1.82) is 0 Å². The smallest absolute Gasteiger partial charge is 0.327 e. The fourth-order valence-electron chi connectivity index (χ4n) is 3.57. The third kappa shape index (κ3) is 1.77. The summed E-state index contributed by atoms with van der Waals surface area (Å²) in [6.45, 7) is 3.37. The first kappa shape index (κ1) is 12.9. The third-order valence-corrected chi connectivity index (χ3v) is 4.97. The number of carbonyl (C=O) groups is 2. The molecule has 3 fully saturated rings. The number of piperidine rings is 1. The van der Waals surface area contributed by atoms with Crippen molar-refractivity contribution in [2.45, 2.75) is 30.8 Å². The van der Waals surface area contributed by atoms with Crippen LogP contribution in [0.4, 0.5) is 4.79 Å². The Morgan fingerprint density at radius 2 is 1.89 bits per heavy atom. The van der Waals surface area contributed by atoms with Gasteiger partial charge in [-0.1, -0.05) is 0 Å². The number of hydrogen-bond donors (Lipinski definition) is 0. The predicted octanol–water partition coefficient (Wildman–Crippen LogP) is 0.134. The standard InChI is InChI=1S/C13H21N3O3/c1-14-11(17)13(15(2)12(14)18)4-6-16(7-5-13)10-3-8-19-9-10/h10H,3-9H2,1-2H3/t10-/m0/s1. The average molecular weight is 267 g/mol. The fraction of sp³-hybridized carbons (Fsp3) is 0.846. The van der Waals surface area contributed by atoms with E-state index < -0.39 is 5.54 Å². The maximum atomic E-state index is 12.4. The zero-order valence-electron chi connectivity index (χ0n) is 11.6. The zero-order valence-corrected chi connectivity index (χ0v) is 11.6. The summed E-state index contributed by atoms with van der Waals surface area (Å²) in [6, 6.07) is 0.315. The van der Waals surface area contributed by atoms with Gasteiger partial charge in [-0.25, -0.2) is 4.79 Å². The van der Waals surface area contributed by atoms with Crippen molar-refractivity contribution < 1.29 is 14.3 Å². The molecule has 0 saturated carbocycles. The van der Waals surface area contributed by atoms with E-state index in [0.29, 0.717) is 6.04 Å². The van der Waals surface area contributed by atoms with Gasteiger partial charge in [0.15, 0.2) is 0 Å². The van der Waals surface area contributed by atoms with E-state index in [4.69, 9.17) is 4.74 Å². The van der Waals surface area contributed by atoms with Gasteiger partial charge in [0.2, 0.25) is 0 Å². The van der Waals surface area contributed by atoms with Gasteiger partial charge in [-0.3, -0.25) is 14.6 Å². The molecular weight excluding hydrogens is 246 g/mol. The van der Waals surface area contributed by atoms with Crippen molar-refractivity contribution in [3.63, 3.8) is 0 Å².